The van der Waals surface area contributed by atoms with E-state index in [-0.39, 0.29) is 0 Å². The average Bonchev–Trinajstić information content (AvgIpc) is 2.58. The molecule has 2 fully saturated rings. The van der Waals surface area contributed by atoms with Gasteiger partial charge in [-0.3, -0.25) is 0 Å². The molecular weight excluding hydrogens is 184 g/mol. The maximum atomic E-state index is 3.78. The summed E-state index contributed by atoms with van der Waals surface area (Å²) in [5, 5.41) is 3.78. The molecule has 0 radical (unpaired) electrons. The molecule has 0 amide bonds. The Morgan fingerprint density at radius 3 is 2.87 bits per heavy atom. The molecule has 0 aromatic heterocycles. The molecule has 0 spiro atoms. The molecule has 2 nitrogen and oxygen atoms in total. The summed E-state index contributed by atoms with van der Waals surface area (Å²) in [6, 6.07) is 0.830. The predicted octanol–water partition coefficient (Wildman–Crippen LogP) is 2.11. The second-order valence-electron chi connectivity index (χ2n) is 5.73. The number of nitrogens with one attached hydrogen (secondary N) is 1. The van der Waals surface area contributed by atoms with E-state index in [0.717, 1.165) is 17.9 Å². The summed E-state index contributed by atoms with van der Waals surface area (Å²) in [7, 11) is 0. The summed E-state index contributed by atoms with van der Waals surface area (Å²) in [6.45, 7) is 9.92. The molecule has 2 saturated heterocycles. The van der Waals surface area contributed by atoms with Crippen LogP contribution in [-0.4, -0.2) is 37.1 Å². The van der Waals surface area contributed by atoms with Crippen molar-refractivity contribution in [2.45, 2.75) is 45.6 Å². The summed E-state index contributed by atoms with van der Waals surface area (Å²) in [5.74, 6) is 1.82. The van der Waals surface area contributed by atoms with Crippen molar-refractivity contribution in [2.75, 3.05) is 26.2 Å². The highest BCUT2D eigenvalue weighted by Gasteiger charge is 2.33. The quantitative estimate of drug-likeness (QED) is 0.699. The summed E-state index contributed by atoms with van der Waals surface area (Å²) in [6.07, 6.45) is 5.54. The third kappa shape index (κ3) is 3.18. The minimum absolute atomic E-state index is 0.830. The van der Waals surface area contributed by atoms with E-state index in [1.165, 1.54) is 51.9 Å². The highest BCUT2D eigenvalue weighted by molar-refractivity contribution is 4.90. The first-order valence-corrected chi connectivity index (χ1v) is 6.71. The summed E-state index contributed by atoms with van der Waals surface area (Å²) < 4.78 is 0. The van der Waals surface area contributed by atoms with Crippen LogP contribution in [0.4, 0.5) is 0 Å². The minimum Gasteiger partial charge on any atom is -0.314 e. The van der Waals surface area contributed by atoms with E-state index in [4.69, 9.17) is 0 Å². The van der Waals surface area contributed by atoms with Gasteiger partial charge in [-0.05, 0) is 57.2 Å². The Hall–Kier alpha value is -0.0800. The molecule has 3 atom stereocenters. The second-order valence-corrected chi connectivity index (χ2v) is 5.73. The van der Waals surface area contributed by atoms with Crippen molar-refractivity contribution in [1.82, 2.24) is 10.2 Å². The van der Waals surface area contributed by atoms with Crippen molar-refractivity contribution in [3.63, 3.8) is 0 Å². The fourth-order valence-corrected chi connectivity index (χ4v) is 3.02. The van der Waals surface area contributed by atoms with Crippen LogP contribution in [0.2, 0.25) is 0 Å². The molecule has 2 heterocycles. The lowest BCUT2D eigenvalue weighted by atomic mass is 9.94. The molecule has 3 unspecified atom stereocenters. The van der Waals surface area contributed by atoms with Crippen LogP contribution < -0.4 is 5.32 Å². The van der Waals surface area contributed by atoms with Crippen LogP contribution in [0.3, 0.4) is 0 Å². The van der Waals surface area contributed by atoms with Crippen LogP contribution in [0.15, 0.2) is 0 Å². The van der Waals surface area contributed by atoms with E-state index in [0.29, 0.717) is 0 Å². The van der Waals surface area contributed by atoms with Gasteiger partial charge < -0.3 is 10.2 Å². The second kappa shape index (κ2) is 5.31. The molecule has 15 heavy (non-hydrogen) atoms. The Balaban J connectivity index is 1.62. The molecule has 0 aromatic carbocycles. The minimum atomic E-state index is 0.830. The monoisotopic (exact) mass is 210 g/mol. The SMILES string of the molecule is CC(C)CCCNC1CCN2CCC1C2. The van der Waals surface area contributed by atoms with E-state index in [1.54, 1.807) is 0 Å². The number of hydrogen-bond donors (Lipinski definition) is 1. The van der Waals surface area contributed by atoms with Crippen LogP contribution in [0.5, 0.6) is 0 Å². The fourth-order valence-electron chi connectivity index (χ4n) is 3.02. The van der Waals surface area contributed by atoms with Gasteiger partial charge in [-0.1, -0.05) is 13.8 Å². The lowest BCUT2D eigenvalue weighted by Gasteiger charge is -2.31. The van der Waals surface area contributed by atoms with E-state index in [2.05, 4.69) is 24.1 Å². The average molecular weight is 210 g/mol. The van der Waals surface area contributed by atoms with E-state index in [1.807, 2.05) is 0 Å². The maximum Gasteiger partial charge on any atom is 0.0120 e. The standard InChI is InChI=1S/C13H26N2/c1-11(2)4-3-7-14-13-6-9-15-8-5-12(13)10-15/h11-14H,3-10H2,1-2H3. The predicted molar refractivity (Wildman–Crippen MR) is 65.0 cm³/mol. The Bertz CT molecular complexity index is 191. The Labute approximate surface area is 94.4 Å². The Kier molecular flexibility index (Phi) is 4.04. The van der Waals surface area contributed by atoms with Crippen molar-refractivity contribution in [3.8, 4) is 0 Å². The lowest BCUT2D eigenvalue weighted by molar-refractivity contribution is 0.220. The van der Waals surface area contributed by atoms with Crippen molar-refractivity contribution < 1.29 is 0 Å². The van der Waals surface area contributed by atoms with Crippen molar-refractivity contribution in [1.29, 1.82) is 0 Å². The van der Waals surface area contributed by atoms with Gasteiger partial charge in [0.25, 0.3) is 0 Å². The first-order valence-electron chi connectivity index (χ1n) is 6.71. The highest BCUT2D eigenvalue weighted by atomic mass is 15.2. The van der Waals surface area contributed by atoms with E-state index < -0.39 is 0 Å². The normalized spacial score (nSPS) is 35.0. The van der Waals surface area contributed by atoms with Gasteiger partial charge in [0.1, 0.15) is 0 Å². The third-order valence-corrected chi connectivity index (χ3v) is 4.00. The largest absolute Gasteiger partial charge is 0.314 e. The summed E-state index contributed by atoms with van der Waals surface area (Å²) in [4.78, 5) is 2.62. The third-order valence-electron chi connectivity index (χ3n) is 4.00. The van der Waals surface area contributed by atoms with Crippen molar-refractivity contribution in [2.24, 2.45) is 11.8 Å². The number of hydrogen-bond acceptors (Lipinski definition) is 2. The van der Waals surface area contributed by atoms with E-state index in [9.17, 15) is 0 Å². The molecule has 2 bridgehead atoms. The highest BCUT2D eigenvalue weighted by Crippen LogP contribution is 2.26. The first-order chi connectivity index (χ1) is 7.25. The van der Waals surface area contributed by atoms with Gasteiger partial charge >= 0.3 is 0 Å². The number of rotatable bonds is 5. The van der Waals surface area contributed by atoms with Crippen LogP contribution in [0.25, 0.3) is 0 Å². The molecule has 2 rings (SSSR count). The van der Waals surface area contributed by atoms with Gasteiger partial charge in [-0.25, -0.2) is 0 Å². The van der Waals surface area contributed by atoms with Crippen molar-refractivity contribution >= 4 is 0 Å². The topological polar surface area (TPSA) is 15.3 Å². The van der Waals surface area contributed by atoms with Crippen molar-refractivity contribution in [3.05, 3.63) is 0 Å². The number of fused-ring (bicyclic) bond motifs is 2. The maximum absolute atomic E-state index is 3.78. The molecule has 1 N–H and O–H groups in total. The van der Waals surface area contributed by atoms with Gasteiger partial charge in [0.05, 0.1) is 0 Å². The summed E-state index contributed by atoms with van der Waals surface area (Å²) in [5.41, 5.74) is 0. The number of piperidine rings is 1. The molecule has 2 aliphatic rings. The molecule has 88 valence electrons. The van der Waals surface area contributed by atoms with Gasteiger partial charge in [0.2, 0.25) is 0 Å². The smallest absolute Gasteiger partial charge is 0.0120 e. The molecule has 2 aliphatic heterocycles. The number of nitrogens with zero attached hydrogens (tertiary/aromatic N) is 1. The Morgan fingerprint density at radius 1 is 1.27 bits per heavy atom. The molecular formula is C13H26N2. The van der Waals surface area contributed by atoms with Gasteiger partial charge in [0.15, 0.2) is 0 Å². The van der Waals surface area contributed by atoms with Gasteiger partial charge in [-0.15, -0.1) is 0 Å². The molecule has 0 saturated carbocycles. The van der Waals surface area contributed by atoms with Gasteiger partial charge in [-0.2, -0.15) is 0 Å². The van der Waals surface area contributed by atoms with E-state index >= 15 is 0 Å². The lowest BCUT2D eigenvalue weighted by Crippen LogP contribution is -2.44. The molecule has 0 aromatic rings. The Morgan fingerprint density at radius 2 is 2.07 bits per heavy atom. The zero-order valence-electron chi connectivity index (χ0n) is 10.3. The summed E-state index contributed by atoms with van der Waals surface area (Å²) >= 11 is 0. The zero-order chi connectivity index (χ0) is 10.7. The van der Waals surface area contributed by atoms with Gasteiger partial charge in [0, 0.05) is 12.6 Å². The first kappa shape index (κ1) is 11.4. The molecule has 0 aliphatic carbocycles. The molecule has 2 heteroatoms. The van der Waals surface area contributed by atoms with Crippen LogP contribution >= 0.6 is 0 Å². The van der Waals surface area contributed by atoms with Crippen LogP contribution in [-0.2, 0) is 0 Å². The van der Waals surface area contributed by atoms with Crippen LogP contribution in [0.1, 0.15) is 39.5 Å². The zero-order valence-corrected chi connectivity index (χ0v) is 10.3. The van der Waals surface area contributed by atoms with Crippen LogP contribution in [0, 0.1) is 11.8 Å². The fraction of sp³-hybridized carbons (Fsp3) is 1.00.